The summed E-state index contributed by atoms with van der Waals surface area (Å²) >= 11 is 0. The molecule has 0 spiro atoms. The van der Waals surface area contributed by atoms with Crippen LogP contribution < -0.4 is 5.32 Å². The summed E-state index contributed by atoms with van der Waals surface area (Å²) < 4.78 is 5.22. The Hall–Kier alpha value is -2.39. The highest BCUT2D eigenvalue weighted by atomic mass is 16.5. The fraction of sp³-hybridized carbons (Fsp3) is 0.250. The predicted molar refractivity (Wildman–Crippen MR) is 92.1 cm³/mol. The first-order chi connectivity index (χ1) is 11.1. The van der Waals surface area contributed by atoms with E-state index in [9.17, 15) is 4.79 Å². The van der Waals surface area contributed by atoms with E-state index >= 15 is 0 Å². The molecular formula is C20H21NO2. The van der Waals surface area contributed by atoms with Crippen LogP contribution in [0.15, 0.2) is 61.2 Å². The molecule has 0 heterocycles. The van der Waals surface area contributed by atoms with E-state index < -0.39 is 5.41 Å². The molecule has 1 unspecified atom stereocenters. The molecule has 0 aromatic heterocycles. The van der Waals surface area contributed by atoms with Crippen molar-refractivity contribution < 1.29 is 9.53 Å². The maximum absolute atomic E-state index is 13.2. The van der Waals surface area contributed by atoms with Gasteiger partial charge in [-0.15, -0.1) is 6.58 Å². The van der Waals surface area contributed by atoms with Gasteiger partial charge in [0.1, 0.15) is 11.6 Å². The van der Waals surface area contributed by atoms with Crippen LogP contribution in [0.25, 0.3) is 11.1 Å². The van der Waals surface area contributed by atoms with Gasteiger partial charge in [0.2, 0.25) is 5.91 Å². The van der Waals surface area contributed by atoms with Crippen LogP contribution in [0.5, 0.6) is 0 Å². The Labute approximate surface area is 137 Å². The van der Waals surface area contributed by atoms with E-state index in [1.54, 1.807) is 7.11 Å². The van der Waals surface area contributed by atoms with Crippen molar-refractivity contribution in [2.45, 2.75) is 25.0 Å². The highest BCUT2D eigenvalue weighted by Crippen LogP contribution is 2.51. The third-order valence-corrected chi connectivity index (χ3v) is 4.59. The minimum Gasteiger partial charge on any atom is -0.362 e. The average Bonchev–Trinajstić information content (AvgIpc) is 2.87. The number of benzene rings is 2. The Bertz CT molecular complexity index is 705. The van der Waals surface area contributed by atoms with Crippen molar-refractivity contribution in [2.24, 2.45) is 0 Å². The van der Waals surface area contributed by atoms with Crippen LogP contribution >= 0.6 is 0 Å². The lowest BCUT2D eigenvalue weighted by Gasteiger charge is -2.31. The van der Waals surface area contributed by atoms with E-state index in [0.29, 0.717) is 6.42 Å². The number of ether oxygens (including phenoxy) is 1. The molecule has 1 N–H and O–H groups in total. The maximum atomic E-state index is 13.2. The molecule has 1 atom stereocenters. The quantitative estimate of drug-likeness (QED) is 0.676. The van der Waals surface area contributed by atoms with Crippen LogP contribution in [0.3, 0.4) is 0 Å². The van der Waals surface area contributed by atoms with Crippen LogP contribution in [0.1, 0.15) is 24.5 Å². The molecule has 0 fully saturated rings. The number of fused-ring (bicyclic) bond motifs is 3. The molecular weight excluding hydrogens is 286 g/mol. The molecule has 3 rings (SSSR count). The molecule has 0 radical (unpaired) electrons. The van der Waals surface area contributed by atoms with Gasteiger partial charge in [0.25, 0.3) is 0 Å². The number of carbonyl (C=O) groups is 1. The highest BCUT2D eigenvalue weighted by molar-refractivity contribution is 6.00. The minimum atomic E-state index is -0.748. The Balaban J connectivity index is 2.23. The third-order valence-electron chi connectivity index (χ3n) is 4.59. The van der Waals surface area contributed by atoms with Gasteiger partial charge in [0.15, 0.2) is 0 Å². The van der Waals surface area contributed by atoms with Crippen molar-refractivity contribution in [3.8, 4) is 11.1 Å². The fourth-order valence-corrected chi connectivity index (χ4v) is 3.47. The van der Waals surface area contributed by atoms with E-state index in [2.05, 4.69) is 24.0 Å². The Morgan fingerprint density at radius 1 is 1.17 bits per heavy atom. The summed E-state index contributed by atoms with van der Waals surface area (Å²) in [5, 5.41) is 2.97. The van der Waals surface area contributed by atoms with Gasteiger partial charge in [0.05, 0.1) is 0 Å². The molecule has 1 aliphatic rings. The second kappa shape index (κ2) is 6.01. The smallest absolute Gasteiger partial charge is 0.237 e. The van der Waals surface area contributed by atoms with Crippen molar-refractivity contribution in [1.29, 1.82) is 0 Å². The standard InChI is InChI=1S/C20H21NO2/c1-4-13-20(19(22)21-14(2)23-3)17-11-7-5-9-15(17)16-10-6-8-12-18(16)20/h4-12,14H,1,13H2,2-3H3,(H,21,22). The molecule has 0 saturated carbocycles. The summed E-state index contributed by atoms with van der Waals surface area (Å²) in [7, 11) is 1.58. The molecule has 3 nitrogen and oxygen atoms in total. The highest BCUT2D eigenvalue weighted by Gasteiger charge is 2.48. The van der Waals surface area contributed by atoms with Gasteiger partial charge in [-0.1, -0.05) is 54.6 Å². The van der Waals surface area contributed by atoms with Crippen molar-refractivity contribution in [3.05, 3.63) is 72.3 Å². The molecule has 23 heavy (non-hydrogen) atoms. The fourth-order valence-electron chi connectivity index (χ4n) is 3.47. The number of hydrogen-bond donors (Lipinski definition) is 1. The number of hydrogen-bond acceptors (Lipinski definition) is 2. The number of methoxy groups -OCH3 is 1. The van der Waals surface area contributed by atoms with Gasteiger partial charge < -0.3 is 10.1 Å². The van der Waals surface area contributed by atoms with Crippen molar-refractivity contribution >= 4 is 5.91 Å². The molecule has 3 heteroatoms. The van der Waals surface area contributed by atoms with E-state index in [1.807, 2.05) is 49.4 Å². The summed E-state index contributed by atoms with van der Waals surface area (Å²) in [5.41, 5.74) is 3.54. The second-order valence-electron chi connectivity index (χ2n) is 5.84. The predicted octanol–water partition coefficient (Wildman–Crippen LogP) is 3.64. The van der Waals surface area contributed by atoms with Crippen LogP contribution in [0.2, 0.25) is 0 Å². The number of allylic oxidation sites excluding steroid dienone is 1. The molecule has 118 valence electrons. The first kappa shape index (κ1) is 15.5. The SMILES string of the molecule is C=CCC1(C(=O)NC(C)OC)c2ccccc2-c2ccccc21. The van der Waals surface area contributed by atoms with Crippen LogP contribution in [-0.4, -0.2) is 19.2 Å². The number of nitrogens with one attached hydrogen (secondary N) is 1. The van der Waals surface area contributed by atoms with E-state index in [-0.39, 0.29) is 12.1 Å². The monoisotopic (exact) mass is 307 g/mol. The topological polar surface area (TPSA) is 38.3 Å². The van der Waals surface area contributed by atoms with Crippen molar-refractivity contribution in [1.82, 2.24) is 5.32 Å². The molecule has 2 aromatic carbocycles. The Morgan fingerprint density at radius 2 is 1.70 bits per heavy atom. The lowest BCUT2D eigenvalue weighted by Crippen LogP contribution is -2.47. The molecule has 0 saturated heterocycles. The largest absolute Gasteiger partial charge is 0.362 e. The normalized spacial score (nSPS) is 15.4. The zero-order valence-electron chi connectivity index (χ0n) is 13.5. The molecule has 1 amide bonds. The summed E-state index contributed by atoms with van der Waals surface area (Å²) in [5.74, 6) is -0.0517. The summed E-state index contributed by atoms with van der Waals surface area (Å²) in [6, 6.07) is 16.2. The lowest BCUT2D eigenvalue weighted by atomic mass is 9.74. The van der Waals surface area contributed by atoms with E-state index in [4.69, 9.17) is 4.74 Å². The Kier molecular flexibility index (Phi) is 4.05. The van der Waals surface area contributed by atoms with E-state index in [0.717, 1.165) is 22.3 Å². The summed E-state index contributed by atoms with van der Waals surface area (Å²) in [6.45, 7) is 5.71. The number of rotatable bonds is 5. The second-order valence-corrected chi connectivity index (χ2v) is 5.84. The van der Waals surface area contributed by atoms with E-state index in [1.165, 1.54) is 0 Å². The van der Waals surface area contributed by atoms with Gasteiger partial charge in [-0.05, 0) is 35.6 Å². The number of amides is 1. The first-order valence-electron chi connectivity index (χ1n) is 7.79. The summed E-state index contributed by atoms with van der Waals surface area (Å²) in [4.78, 5) is 13.2. The zero-order chi connectivity index (χ0) is 16.4. The van der Waals surface area contributed by atoms with Gasteiger partial charge in [0, 0.05) is 7.11 Å². The van der Waals surface area contributed by atoms with Gasteiger partial charge in [-0.25, -0.2) is 0 Å². The van der Waals surface area contributed by atoms with Crippen LogP contribution in [0.4, 0.5) is 0 Å². The minimum absolute atomic E-state index is 0.0517. The first-order valence-corrected chi connectivity index (χ1v) is 7.79. The van der Waals surface area contributed by atoms with Crippen molar-refractivity contribution in [2.75, 3.05) is 7.11 Å². The third kappa shape index (κ3) is 2.28. The maximum Gasteiger partial charge on any atom is 0.237 e. The van der Waals surface area contributed by atoms with Crippen LogP contribution in [-0.2, 0) is 14.9 Å². The van der Waals surface area contributed by atoms with Gasteiger partial charge >= 0.3 is 0 Å². The lowest BCUT2D eigenvalue weighted by molar-refractivity contribution is -0.128. The Morgan fingerprint density at radius 3 is 2.17 bits per heavy atom. The van der Waals surface area contributed by atoms with Gasteiger partial charge in [-0.2, -0.15) is 0 Å². The van der Waals surface area contributed by atoms with Gasteiger partial charge in [-0.3, -0.25) is 4.79 Å². The molecule has 0 aliphatic heterocycles. The van der Waals surface area contributed by atoms with Crippen molar-refractivity contribution in [3.63, 3.8) is 0 Å². The molecule has 2 aromatic rings. The molecule has 0 bridgehead atoms. The number of carbonyl (C=O) groups excluding carboxylic acids is 1. The zero-order valence-corrected chi connectivity index (χ0v) is 13.5. The van der Waals surface area contributed by atoms with Crippen LogP contribution in [0, 0.1) is 0 Å². The average molecular weight is 307 g/mol. The summed E-state index contributed by atoms with van der Waals surface area (Å²) in [6.07, 6.45) is 2.02. The molecule has 1 aliphatic carbocycles.